The van der Waals surface area contributed by atoms with Gasteiger partial charge in [0, 0.05) is 24.6 Å². The lowest BCUT2D eigenvalue weighted by atomic mass is 10.1. The summed E-state index contributed by atoms with van der Waals surface area (Å²) in [5.74, 6) is 1.15. The first-order valence-electron chi connectivity index (χ1n) is 5.64. The van der Waals surface area contributed by atoms with Gasteiger partial charge in [0.1, 0.15) is 5.75 Å². The van der Waals surface area contributed by atoms with E-state index in [2.05, 4.69) is 18.0 Å². The molecule has 0 heterocycles. The minimum Gasteiger partial charge on any atom is -0.496 e. The summed E-state index contributed by atoms with van der Waals surface area (Å²) in [7, 11) is 3.75. The van der Waals surface area contributed by atoms with E-state index in [0.717, 1.165) is 18.8 Å². The van der Waals surface area contributed by atoms with Crippen molar-refractivity contribution in [3.8, 4) is 5.75 Å². The van der Waals surface area contributed by atoms with E-state index in [1.807, 2.05) is 25.1 Å². The lowest BCUT2D eigenvalue weighted by Crippen LogP contribution is -2.31. The molecule has 3 nitrogen and oxygen atoms in total. The first-order valence-corrected chi connectivity index (χ1v) is 6.05. The average molecular weight is 252 g/mol. The van der Waals surface area contributed by atoms with Crippen LogP contribution in [0.5, 0.6) is 5.75 Å². The molecule has 1 atom stereocenters. The van der Waals surface area contributed by atoms with Crippen LogP contribution in [-0.4, -0.2) is 30.6 Å². The first-order chi connectivity index (χ1) is 8.04. The Balaban J connectivity index is 2.61. The smallest absolute Gasteiger partial charge is 0.123 e. The number of methoxy groups -OCH3 is 1. The zero-order valence-corrected chi connectivity index (χ0v) is 11.5. The topological polar surface area (TPSA) is 38.5 Å². The first kappa shape index (κ1) is 13.9. The second kappa shape index (κ2) is 6.57. The summed E-state index contributed by atoms with van der Waals surface area (Å²) >= 11 is 4.98. The zero-order valence-electron chi connectivity index (χ0n) is 10.6. The maximum Gasteiger partial charge on any atom is 0.123 e. The number of nitrogens with zero attached hydrogens (tertiary/aromatic N) is 1. The molecule has 0 saturated heterocycles. The number of rotatable bonds is 6. The number of nitrogens with two attached hydrogens (primary N) is 1. The lowest BCUT2D eigenvalue weighted by molar-refractivity contribution is 0.300. The van der Waals surface area contributed by atoms with Crippen molar-refractivity contribution in [2.24, 2.45) is 11.7 Å². The summed E-state index contributed by atoms with van der Waals surface area (Å²) in [5, 5.41) is 0. The molecular weight excluding hydrogens is 232 g/mol. The van der Waals surface area contributed by atoms with Gasteiger partial charge in [-0.15, -0.1) is 0 Å². The molecule has 94 valence electrons. The number of ether oxygens (including phenoxy) is 1. The molecule has 0 aliphatic rings. The third-order valence-electron chi connectivity index (χ3n) is 2.70. The molecule has 0 spiro atoms. The lowest BCUT2D eigenvalue weighted by Gasteiger charge is -2.21. The van der Waals surface area contributed by atoms with E-state index in [1.54, 1.807) is 7.11 Å². The van der Waals surface area contributed by atoms with E-state index in [0.29, 0.717) is 4.99 Å². The Kier molecular flexibility index (Phi) is 5.38. The Morgan fingerprint density at radius 3 is 2.71 bits per heavy atom. The number of benzene rings is 1. The maximum atomic E-state index is 5.61. The highest BCUT2D eigenvalue weighted by molar-refractivity contribution is 7.80. The van der Waals surface area contributed by atoms with E-state index >= 15 is 0 Å². The molecule has 0 aliphatic carbocycles. The minimum absolute atomic E-state index is 0.227. The van der Waals surface area contributed by atoms with Gasteiger partial charge >= 0.3 is 0 Å². The highest BCUT2D eigenvalue weighted by atomic mass is 32.1. The molecule has 0 aliphatic heterocycles. The molecule has 0 amide bonds. The van der Waals surface area contributed by atoms with Crippen molar-refractivity contribution in [3.05, 3.63) is 29.8 Å². The fourth-order valence-electron chi connectivity index (χ4n) is 1.75. The maximum absolute atomic E-state index is 5.61. The Bertz CT molecular complexity index is 381. The van der Waals surface area contributed by atoms with Crippen LogP contribution in [0.15, 0.2) is 24.3 Å². The Morgan fingerprint density at radius 2 is 2.12 bits per heavy atom. The van der Waals surface area contributed by atoms with Crippen LogP contribution < -0.4 is 10.5 Å². The molecule has 0 aromatic heterocycles. The summed E-state index contributed by atoms with van der Waals surface area (Å²) < 4.78 is 5.32. The SMILES string of the molecule is COc1ccccc1CN(C)CC(C)C(N)=S. The van der Waals surface area contributed by atoms with Gasteiger partial charge < -0.3 is 15.4 Å². The third-order valence-corrected chi connectivity index (χ3v) is 3.11. The van der Waals surface area contributed by atoms with Crippen LogP contribution in [0.1, 0.15) is 12.5 Å². The normalized spacial score (nSPS) is 12.5. The van der Waals surface area contributed by atoms with Crippen molar-refractivity contribution in [2.45, 2.75) is 13.5 Å². The molecule has 2 N–H and O–H groups in total. The van der Waals surface area contributed by atoms with Crippen LogP contribution in [0.3, 0.4) is 0 Å². The largest absolute Gasteiger partial charge is 0.496 e. The number of hydrogen-bond donors (Lipinski definition) is 1. The van der Waals surface area contributed by atoms with Gasteiger partial charge in [0.25, 0.3) is 0 Å². The fourth-order valence-corrected chi connectivity index (χ4v) is 1.82. The Labute approximate surface area is 109 Å². The molecule has 4 heteroatoms. The van der Waals surface area contributed by atoms with E-state index in [-0.39, 0.29) is 5.92 Å². The van der Waals surface area contributed by atoms with Gasteiger partial charge in [-0.1, -0.05) is 37.3 Å². The van der Waals surface area contributed by atoms with Crippen LogP contribution in [0.4, 0.5) is 0 Å². The molecule has 1 rings (SSSR count). The minimum atomic E-state index is 0.227. The molecule has 1 aromatic rings. The van der Waals surface area contributed by atoms with E-state index < -0.39 is 0 Å². The third kappa shape index (κ3) is 4.32. The summed E-state index contributed by atoms with van der Waals surface area (Å²) in [6.07, 6.45) is 0. The molecule has 17 heavy (non-hydrogen) atoms. The average Bonchev–Trinajstić information content (AvgIpc) is 2.29. The number of para-hydroxylation sites is 1. The van der Waals surface area contributed by atoms with Gasteiger partial charge in [0.2, 0.25) is 0 Å². The summed E-state index contributed by atoms with van der Waals surface area (Å²) in [6, 6.07) is 8.03. The van der Waals surface area contributed by atoms with Gasteiger partial charge in [0.05, 0.1) is 12.1 Å². The predicted molar refractivity (Wildman–Crippen MR) is 75.3 cm³/mol. The van der Waals surface area contributed by atoms with E-state index in [9.17, 15) is 0 Å². The van der Waals surface area contributed by atoms with Gasteiger partial charge in [-0.25, -0.2) is 0 Å². The van der Waals surface area contributed by atoms with Crippen molar-refractivity contribution in [3.63, 3.8) is 0 Å². The zero-order chi connectivity index (χ0) is 12.8. The summed E-state index contributed by atoms with van der Waals surface area (Å²) in [5.41, 5.74) is 6.79. The van der Waals surface area contributed by atoms with Crippen molar-refractivity contribution < 1.29 is 4.74 Å². The highest BCUT2D eigenvalue weighted by Crippen LogP contribution is 2.19. The van der Waals surface area contributed by atoms with Crippen molar-refractivity contribution in [1.82, 2.24) is 4.90 Å². The summed E-state index contributed by atoms with van der Waals surface area (Å²) in [4.78, 5) is 2.76. The molecular formula is C13H20N2OS. The number of thiocarbonyl (C=S) groups is 1. The second-order valence-electron chi connectivity index (χ2n) is 4.31. The number of hydrogen-bond acceptors (Lipinski definition) is 3. The molecule has 0 bridgehead atoms. The van der Waals surface area contributed by atoms with E-state index in [1.165, 1.54) is 5.56 Å². The molecule has 1 unspecified atom stereocenters. The van der Waals surface area contributed by atoms with Crippen molar-refractivity contribution >= 4 is 17.2 Å². The standard InChI is InChI=1S/C13H20N2OS/c1-10(13(14)17)8-15(2)9-11-6-4-5-7-12(11)16-3/h4-7,10H,8-9H2,1-3H3,(H2,14,17). The van der Waals surface area contributed by atoms with Gasteiger partial charge in [-0.3, -0.25) is 0 Å². The highest BCUT2D eigenvalue weighted by Gasteiger charge is 2.10. The second-order valence-corrected chi connectivity index (χ2v) is 4.78. The molecule has 0 radical (unpaired) electrons. The van der Waals surface area contributed by atoms with Crippen LogP contribution in [0.2, 0.25) is 0 Å². The van der Waals surface area contributed by atoms with Gasteiger partial charge in [0.15, 0.2) is 0 Å². The summed E-state index contributed by atoms with van der Waals surface area (Å²) in [6.45, 7) is 3.73. The molecule has 0 saturated carbocycles. The fraction of sp³-hybridized carbons (Fsp3) is 0.462. The van der Waals surface area contributed by atoms with Crippen molar-refractivity contribution in [2.75, 3.05) is 20.7 Å². The quantitative estimate of drug-likeness (QED) is 0.786. The van der Waals surface area contributed by atoms with Crippen LogP contribution in [0, 0.1) is 5.92 Å². The monoisotopic (exact) mass is 252 g/mol. The van der Waals surface area contributed by atoms with Crippen LogP contribution >= 0.6 is 12.2 Å². The van der Waals surface area contributed by atoms with E-state index in [4.69, 9.17) is 22.7 Å². The molecule has 1 aromatic carbocycles. The Morgan fingerprint density at radius 1 is 1.47 bits per heavy atom. The Hall–Kier alpha value is -1.13. The van der Waals surface area contributed by atoms with Crippen molar-refractivity contribution in [1.29, 1.82) is 0 Å². The van der Waals surface area contributed by atoms with Gasteiger partial charge in [-0.05, 0) is 13.1 Å². The van der Waals surface area contributed by atoms with Gasteiger partial charge in [-0.2, -0.15) is 0 Å². The van der Waals surface area contributed by atoms with Crippen LogP contribution in [0.25, 0.3) is 0 Å². The van der Waals surface area contributed by atoms with Crippen LogP contribution in [-0.2, 0) is 6.54 Å². The molecule has 0 fully saturated rings. The predicted octanol–water partition coefficient (Wildman–Crippen LogP) is 2.05.